The van der Waals surface area contributed by atoms with Crippen molar-refractivity contribution in [2.45, 2.75) is 5.92 Å². The molecule has 0 saturated carbocycles. The molecule has 1 aliphatic heterocycles. The molecule has 0 aliphatic carbocycles. The van der Waals surface area contributed by atoms with Crippen molar-refractivity contribution in [2.75, 3.05) is 7.11 Å². The summed E-state index contributed by atoms with van der Waals surface area (Å²) in [6.45, 7) is 0. The normalized spacial score (nSPS) is 18.1. The number of rotatable bonds is 3. The van der Waals surface area contributed by atoms with E-state index < -0.39 is 11.8 Å². The first-order valence-corrected chi connectivity index (χ1v) is 9.19. The zero-order chi connectivity index (χ0) is 19.8. The van der Waals surface area contributed by atoms with Gasteiger partial charge in [0.25, 0.3) is 0 Å². The molecular formula is C20H15BrN4O3. The Kier molecular flexibility index (Phi) is 4.53. The van der Waals surface area contributed by atoms with Crippen LogP contribution in [0, 0.1) is 22.7 Å². The molecule has 3 N–H and O–H groups in total. The number of aromatic amines is 1. The maximum absolute atomic E-state index is 10.2. The van der Waals surface area contributed by atoms with Crippen molar-refractivity contribution >= 4 is 21.8 Å². The molecule has 8 heteroatoms. The number of nitrogens with zero attached hydrogens (tertiary/aromatic N) is 2. The molecule has 2 aromatic carbocycles. The molecule has 1 aromatic heterocycles. The molecule has 0 fully saturated rings. The van der Waals surface area contributed by atoms with Gasteiger partial charge in [-0.2, -0.15) is 5.26 Å². The molecule has 0 bridgehead atoms. The van der Waals surface area contributed by atoms with Crippen molar-refractivity contribution in [3.05, 3.63) is 58.1 Å². The summed E-state index contributed by atoms with van der Waals surface area (Å²) in [5, 5.41) is 35.3. The lowest BCUT2D eigenvalue weighted by Crippen LogP contribution is -2.30. The third-order valence-electron chi connectivity index (χ3n) is 4.74. The minimum Gasteiger partial charge on any atom is -0.504 e. The summed E-state index contributed by atoms with van der Waals surface area (Å²) in [6.07, 6.45) is 0. The van der Waals surface area contributed by atoms with Gasteiger partial charge in [0.1, 0.15) is 5.92 Å². The van der Waals surface area contributed by atoms with Crippen LogP contribution in [0.15, 0.2) is 46.9 Å². The summed E-state index contributed by atoms with van der Waals surface area (Å²) in [6, 6.07) is 14.8. The number of hydrogen-bond donors (Lipinski definition) is 3. The molecule has 3 aromatic rings. The summed E-state index contributed by atoms with van der Waals surface area (Å²) in [7, 11) is 1.47. The highest BCUT2D eigenvalue weighted by Crippen LogP contribution is 2.46. The zero-order valence-electron chi connectivity index (χ0n) is 14.7. The second-order valence-corrected chi connectivity index (χ2v) is 7.22. The molecule has 1 aliphatic rings. The van der Waals surface area contributed by atoms with Crippen LogP contribution in [0.5, 0.6) is 17.4 Å². The Labute approximate surface area is 169 Å². The van der Waals surface area contributed by atoms with Crippen LogP contribution in [0.4, 0.5) is 0 Å². The lowest BCUT2D eigenvalue weighted by molar-refractivity contribution is 0.372. The van der Waals surface area contributed by atoms with E-state index in [-0.39, 0.29) is 17.5 Å². The Hall–Kier alpha value is -3.31. The van der Waals surface area contributed by atoms with Gasteiger partial charge in [0, 0.05) is 16.0 Å². The summed E-state index contributed by atoms with van der Waals surface area (Å²) < 4.78 is 11.6. The predicted octanol–water partition coefficient (Wildman–Crippen LogP) is 4.19. The van der Waals surface area contributed by atoms with E-state index in [0.29, 0.717) is 22.6 Å². The van der Waals surface area contributed by atoms with Crippen molar-refractivity contribution in [3.63, 3.8) is 0 Å². The Morgan fingerprint density at radius 2 is 2.04 bits per heavy atom. The van der Waals surface area contributed by atoms with Gasteiger partial charge < -0.3 is 14.6 Å². The third kappa shape index (κ3) is 2.90. The van der Waals surface area contributed by atoms with Crippen molar-refractivity contribution in [1.82, 2.24) is 10.2 Å². The molecule has 2 unspecified atom stereocenters. The summed E-state index contributed by atoms with van der Waals surface area (Å²) in [5.74, 6) is -1.01. The number of aromatic hydroxyl groups is 1. The van der Waals surface area contributed by atoms with Gasteiger partial charge in [0.15, 0.2) is 11.5 Å². The molecular weight excluding hydrogens is 424 g/mol. The minimum atomic E-state index is -0.855. The number of hydrogen-bond acceptors (Lipinski definition) is 6. The smallest absolute Gasteiger partial charge is 0.244 e. The predicted molar refractivity (Wildman–Crippen MR) is 106 cm³/mol. The number of halogens is 1. The van der Waals surface area contributed by atoms with E-state index in [1.807, 2.05) is 24.3 Å². The van der Waals surface area contributed by atoms with Crippen LogP contribution in [-0.4, -0.2) is 28.3 Å². The van der Waals surface area contributed by atoms with E-state index in [1.54, 1.807) is 18.2 Å². The fourth-order valence-electron chi connectivity index (χ4n) is 3.42. The van der Waals surface area contributed by atoms with Crippen LogP contribution in [0.25, 0.3) is 11.3 Å². The highest BCUT2D eigenvalue weighted by Gasteiger charge is 2.41. The second kappa shape index (κ2) is 7.02. The second-order valence-electron chi connectivity index (χ2n) is 6.31. The largest absolute Gasteiger partial charge is 0.504 e. The van der Waals surface area contributed by atoms with E-state index in [1.165, 1.54) is 7.11 Å². The van der Waals surface area contributed by atoms with Crippen molar-refractivity contribution < 1.29 is 14.6 Å². The van der Waals surface area contributed by atoms with E-state index in [0.717, 1.165) is 10.0 Å². The van der Waals surface area contributed by atoms with E-state index in [9.17, 15) is 10.4 Å². The van der Waals surface area contributed by atoms with Gasteiger partial charge >= 0.3 is 0 Å². The number of H-pyrrole nitrogens is 1. The average Bonchev–Trinajstić information content (AvgIpc) is 3.10. The lowest BCUT2D eigenvalue weighted by Gasteiger charge is -2.28. The quantitative estimate of drug-likeness (QED) is 0.566. The standard InChI is InChI=1S/C20H15BrN4O3/c1-27-15-7-4-11(8-14(15)26)16-13(9-22)19(23)28-20-17(16)18(24-25-20)10-2-5-12(21)6-3-10/h2-8,13,16,23,26H,1H3,(H,24,25). The van der Waals surface area contributed by atoms with Crippen LogP contribution in [0.2, 0.25) is 0 Å². The highest BCUT2D eigenvalue weighted by atomic mass is 79.9. The van der Waals surface area contributed by atoms with Crippen LogP contribution in [0.3, 0.4) is 0 Å². The first-order chi connectivity index (χ1) is 13.5. The van der Waals surface area contributed by atoms with Gasteiger partial charge in [0.05, 0.1) is 24.4 Å². The Balaban J connectivity index is 1.92. The zero-order valence-corrected chi connectivity index (χ0v) is 16.3. The van der Waals surface area contributed by atoms with Gasteiger partial charge in [-0.3, -0.25) is 10.5 Å². The number of nitriles is 1. The van der Waals surface area contributed by atoms with Crippen LogP contribution in [0.1, 0.15) is 17.0 Å². The first kappa shape index (κ1) is 18.1. The summed E-state index contributed by atoms with van der Waals surface area (Å²) >= 11 is 3.42. The number of ether oxygens (including phenoxy) is 2. The molecule has 2 heterocycles. The molecule has 0 saturated heterocycles. The Bertz CT molecular complexity index is 1100. The van der Waals surface area contributed by atoms with Crippen molar-refractivity contribution in [3.8, 4) is 34.7 Å². The number of benzene rings is 2. The average molecular weight is 439 g/mol. The molecule has 7 nitrogen and oxygen atoms in total. The van der Waals surface area contributed by atoms with Gasteiger partial charge in [0.2, 0.25) is 11.8 Å². The topological polar surface area (TPSA) is 115 Å². The molecule has 140 valence electrons. The molecule has 0 radical (unpaired) electrons. The summed E-state index contributed by atoms with van der Waals surface area (Å²) in [4.78, 5) is 0. The van der Waals surface area contributed by atoms with Crippen LogP contribution < -0.4 is 9.47 Å². The molecule has 28 heavy (non-hydrogen) atoms. The van der Waals surface area contributed by atoms with Crippen LogP contribution in [-0.2, 0) is 0 Å². The third-order valence-corrected chi connectivity index (χ3v) is 5.27. The van der Waals surface area contributed by atoms with Crippen molar-refractivity contribution in [2.24, 2.45) is 5.92 Å². The van der Waals surface area contributed by atoms with Gasteiger partial charge in [-0.15, -0.1) is 5.10 Å². The maximum atomic E-state index is 10.2. The number of nitrogens with one attached hydrogen (secondary N) is 2. The number of phenolic OH excluding ortho intramolecular Hbond substituents is 1. The number of phenols is 1. The van der Waals surface area contributed by atoms with Gasteiger partial charge in [-0.05, 0) is 29.8 Å². The SMILES string of the molecule is COc1ccc(C2c3c(n[nH]c3-c3ccc(Br)cc3)OC(=N)C2C#N)cc1O. The molecule has 0 amide bonds. The Morgan fingerprint density at radius 1 is 1.29 bits per heavy atom. The van der Waals surface area contributed by atoms with Crippen molar-refractivity contribution in [1.29, 1.82) is 10.7 Å². The fourth-order valence-corrected chi connectivity index (χ4v) is 3.68. The molecule has 2 atom stereocenters. The monoisotopic (exact) mass is 438 g/mol. The van der Waals surface area contributed by atoms with Gasteiger partial charge in [-0.25, -0.2) is 0 Å². The first-order valence-electron chi connectivity index (χ1n) is 8.40. The molecule has 0 spiro atoms. The van der Waals surface area contributed by atoms with Crippen LogP contribution >= 0.6 is 15.9 Å². The minimum absolute atomic E-state index is 0.0371. The maximum Gasteiger partial charge on any atom is 0.244 e. The van der Waals surface area contributed by atoms with E-state index in [2.05, 4.69) is 32.2 Å². The molecule has 4 rings (SSSR count). The van der Waals surface area contributed by atoms with E-state index in [4.69, 9.17) is 14.9 Å². The lowest BCUT2D eigenvalue weighted by atomic mass is 9.78. The Morgan fingerprint density at radius 3 is 2.68 bits per heavy atom. The van der Waals surface area contributed by atoms with Gasteiger partial charge in [-0.1, -0.05) is 34.1 Å². The number of methoxy groups -OCH3 is 1. The highest BCUT2D eigenvalue weighted by molar-refractivity contribution is 9.10. The van der Waals surface area contributed by atoms with E-state index >= 15 is 0 Å². The fraction of sp³-hybridized carbons (Fsp3) is 0.150. The number of fused-ring (bicyclic) bond motifs is 1. The number of aromatic nitrogens is 2. The summed E-state index contributed by atoms with van der Waals surface area (Å²) in [5.41, 5.74) is 2.91.